The molecule has 0 aliphatic rings. The highest BCUT2D eigenvalue weighted by Crippen LogP contribution is 2.14. The van der Waals surface area contributed by atoms with E-state index in [0.29, 0.717) is 6.04 Å². The molecule has 0 saturated carbocycles. The van der Waals surface area contributed by atoms with Crippen molar-refractivity contribution >= 4 is 22.1 Å². The van der Waals surface area contributed by atoms with Gasteiger partial charge in [-0.2, -0.15) is 0 Å². The van der Waals surface area contributed by atoms with Crippen molar-refractivity contribution in [1.82, 2.24) is 5.32 Å². The number of thiophene rings is 1. The minimum atomic E-state index is -0.788. The van der Waals surface area contributed by atoms with Crippen LogP contribution in [0.4, 0.5) is 0 Å². The third-order valence-electron chi connectivity index (χ3n) is 1.78. The summed E-state index contributed by atoms with van der Waals surface area (Å²) in [5.74, 6) is 0.764. The van der Waals surface area contributed by atoms with E-state index in [1.165, 1.54) is 0 Å². The maximum Gasteiger partial charge on any atom is 0.0910 e. The predicted molar refractivity (Wildman–Crippen MR) is 63.4 cm³/mol. The molecule has 0 radical (unpaired) electrons. The molecule has 80 valence electrons. The molecule has 0 saturated heterocycles. The van der Waals surface area contributed by atoms with Crippen molar-refractivity contribution < 1.29 is 4.21 Å². The van der Waals surface area contributed by atoms with Crippen LogP contribution in [0, 0.1) is 0 Å². The van der Waals surface area contributed by atoms with Crippen LogP contribution in [-0.4, -0.2) is 22.5 Å². The molecule has 0 aromatic carbocycles. The molecular formula is C10H17NOS2. The maximum absolute atomic E-state index is 11.6. The maximum atomic E-state index is 11.6. The third kappa shape index (κ3) is 4.35. The van der Waals surface area contributed by atoms with E-state index in [1.54, 1.807) is 11.3 Å². The van der Waals surface area contributed by atoms with Crippen LogP contribution in [0.2, 0.25) is 0 Å². The largest absolute Gasteiger partial charge is 0.315 e. The Hall–Kier alpha value is -0.190. The highest BCUT2D eigenvalue weighted by molar-refractivity contribution is 7.87. The molecule has 1 N–H and O–H groups in total. The van der Waals surface area contributed by atoms with Crippen molar-refractivity contribution in [2.45, 2.75) is 30.5 Å². The molecule has 1 atom stereocenters. The summed E-state index contributed by atoms with van der Waals surface area (Å²) in [6.07, 6.45) is 0.975. The third-order valence-corrected chi connectivity index (χ3v) is 4.53. The first-order chi connectivity index (χ1) is 6.70. The lowest BCUT2D eigenvalue weighted by Gasteiger charge is -2.06. The van der Waals surface area contributed by atoms with Gasteiger partial charge in [0.15, 0.2) is 0 Å². The molecule has 1 heterocycles. The zero-order chi connectivity index (χ0) is 10.4. The van der Waals surface area contributed by atoms with Crippen molar-refractivity contribution in [3.05, 3.63) is 17.5 Å². The van der Waals surface area contributed by atoms with Crippen LogP contribution < -0.4 is 5.32 Å². The van der Waals surface area contributed by atoms with Crippen LogP contribution in [0.3, 0.4) is 0 Å². The molecule has 1 aromatic rings. The number of rotatable bonds is 6. The summed E-state index contributed by atoms with van der Waals surface area (Å²) in [7, 11) is -0.788. The number of hydrogen-bond donors (Lipinski definition) is 1. The summed E-state index contributed by atoms with van der Waals surface area (Å²) in [5.41, 5.74) is 0. The van der Waals surface area contributed by atoms with Gasteiger partial charge in [0.1, 0.15) is 0 Å². The van der Waals surface area contributed by atoms with Gasteiger partial charge in [-0.05, 0) is 24.4 Å². The molecule has 0 aliphatic heterocycles. The van der Waals surface area contributed by atoms with Crippen LogP contribution in [0.5, 0.6) is 0 Å². The normalized spacial score (nSPS) is 13.4. The SMILES string of the molecule is CC(C)NCCCS(=O)c1cccs1. The van der Waals surface area contributed by atoms with Crippen molar-refractivity contribution in [1.29, 1.82) is 0 Å². The first kappa shape index (κ1) is 11.9. The van der Waals surface area contributed by atoms with Gasteiger partial charge >= 0.3 is 0 Å². The van der Waals surface area contributed by atoms with Crippen molar-refractivity contribution in [2.24, 2.45) is 0 Å². The van der Waals surface area contributed by atoms with Crippen LogP contribution in [0.25, 0.3) is 0 Å². The van der Waals surface area contributed by atoms with Crippen LogP contribution in [0.15, 0.2) is 21.7 Å². The van der Waals surface area contributed by atoms with Crippen LogP contribution in [0.1, 0.15) is 20.3 Å². The quantitative estimate of drug-likeness (QED) is 0.761. The van der Waals surface area contributed by atoms with Gasteiger partial charge in [0.25, 0.3) is 0 Å². The zero-order valence-electron chi connectivity index (χ0n) is 8.66. The molecule has 14 heavy (non-hydrogen) atoms. The Morgan fingerprint density at radius 2 is 2.36 bits per heavy atom. The molecule has 0 amide bonds. The molecule has 0 aliphatic carbocycles. The van der Waals surface area contributed by atoms with Gasteiger partial charge in [-0.15, -0.1) is 11.3 Å². The topological polar surface area (TPSA) is 29.1 Å². The van der Waals surface area contributed by atoms with Gasteiger partial charge in [0.05, 0.1) is 15.0 Å². The van der Waals surface area contributed by atoms with E-state index in [-0.39, 0.29) is 0 Å². The summed E-state index contributed by atoms with van der Waals surface area (Å²) < 4.78 is 12.6. The average Bonchev–Trinajstić information content (AvgIpc) is 2.64. The summed E-state index contributed by atoms with van der Waals surface area (Å²) in [5, 5.41) is 5.29. The lowest BCUT2D eigenvalue weighted by atomic mass is 10.4. The highest BCUT2D eigenvalue weighted by Gasteiger charge is 2.03. The fourth-order valence-corrected chi connectivity index (χ4v) is 3.22. The van der Waals surface area contributed by atoms with Gasteiger partial charge in [-0.1, -0.05) is 19.9 Å². The highest BCUT2D eigenvalue weighted by atomic mass is 32.2. The minimum absolute atomic E-state index is 0.519. The van der Waals surface area contributed by atoms with Gasteiger partial charge < -0.3 is 5.32 Å². The summed E-state index contributed by atoms with van der Waals surface area (Å²) >= 11 is 1.57. The Labute approximate surface area is 92.2 Å². The molecule has 1 rings (SSSR count). The standard InChI is InChI=1S/C10H17NOS2/c1-9(2)11-6-4-8-14(12)10-5-3-7-13-10/h3,5,7,9,11H,4,6,8H2,1-2H3. The number of hydrogen-bond acceptors (Lipinski definition) is 3. The molecule has 2 nitrogen and oxygen atoms in total. The molecule has 1 aromatic heterocycles. The smallest absolute Gasteiger partial charge is 0.0910 e. The lowest BCUT2D eigenvalue weighted by Crippen LogP contribution is -2.24. The minimum Gasteiger partial charge on any atom is -0.315 e. The van der Waals surface area contributed by atoms with E-state index >= 15 is 0 Å². The zero-order valence-corrected chi connectivity index (χ0v) is 10.3. The first-order valence-corrected chi connectivity index (χ1v) is 7.05. The molecule has 0 bridgehead atoms. The monoisotopic (exact) mass is 231 g/mol. The van der Waals surface area contributed by atoms with Crippen LogP contribution in [-0.2, 0) is 10.8 Å². The molecule has 4 heteroatoms. The molecule has 0 spiro atoms. The van der Waals surface area contributed by atoms with Crippen LogP contribution >= 0.6 is 11.3 Å². The predicted octanol–water partition coefficient (Wildman–Crippen LogP) is 2.24. The summed E-state index contributed by atoms with van der Waals surface area (Å²) in [4.78, 5) is 0. The Morgan fingerprint density at radius 1 is 1.57 bits per heavy atom. The molecular weight excluding hydrogens is 214 g/mol. The van der Waals surface area contributed by atoms with Crippen molar-refractivity contribution in [3.8, 4) is 0 Å². The average molecular weight is 231 g/mol. The van der Waals surface area contributed by atoms with E-state index in [4.69, 9.17) is 0 Å². The number of nitrogens with one attached hydrogen (secondary N) is 1. The van der Waals surface area contributed by atoms with Crippen molar-refractivity contribution in [3.63, 3.8) is 0 Å². The fourth-order valence-electron chi connectivity index (χ4n) is 1.09. The molecule has 1 unspecified atom stereocenters. The van der Waals surface area contributed by atoms with E-state index < -0.39 is 10.8 Å². The Bertz CT molecular complexity index is 270. The Morgan fingerprint density at radius 3 is 2.93 bits per heavy atom. The van der Waals surface area contributed by atoms with Gasteiger partial charge in [0, 0.05) is 11.8 Å². The molecule has 0 fully saturated rings. The summed E-state index contributed by atoms with van der Waals surface area (Å²) in [6.45, 7) is 5.20. The second kappa shape index (κ2) is 6.32. The van der Waals surface area contributed by atoms with Crippen molar-refractivity contribution in [2.75, 3.05) is 12.3 Å². The van der Waals surface area contributed by atoms with E-state index in [2.05, 4.69) is 19.2 Å². The second-order valence-corrected chi connectivity index (χ2v) is 6.19. The first-order valence-electron chi connectivity index (χ1n) is 4.85. The fraction of sp³-hybridized carbons (Fsp3) is 0.600. The lowest BCUT2D eigenvalue weighted by molar-refractivity contribution is 0.583. The second-order valence-electron chi connectivity index (χ2n) is 3.44. The summed E-state index contributed by atoms with van der Waals surface area (Å²) in [6, 6.07) is 4.41. The van der Waals surface area contributed by atoms with E-state index in [0.717, 1.165) is 22.9 Å². The van der Waals surface area contributed by atoms with Gasteiger partial charge in [-0.25, -0.2) is 0 Å². The van der Waals surface area contributed by atoms with Gasteiger partial charge in [-0.3, -0.25) is 4.21 Å². The van der Waals surface area contributed by atoms with Gasteiger partial charge in [0.2, 0.25) is 0 Å². The Balaban J connectivity index is 2.16. The van der Waals surface area contributed by atoms with E-state index in [1.807, 2.05) is 17.5 Å². The Kier molecular flexibility index (Phi) is 5.37. The van der Waals surface area contributed by atoms with E-state index in [9.17, 15) is 4.21 Å².